The van der Waals surface area contributed by atoms with Crippen LogP contribution in [0.25, 0.3) is 28.3 Å². The van der Waals surface area contributed by atoms with Gasteiger partial charge in [-0.15, -0.1) is 5.10 Å². The molecule has 0 radical (unpaired) electrons. The van der Waals surface area contributed by atoms with Crippen LogP contribution >= 0.6 is 0 Å². The first-order valence-corrected chi connectivity index (χ1v) is 16.0. The highest BCUT2D eigenvalue weighted by atomic mass is 32.2. The SMILES string of the molecule is CC1(C)C(/C=C/c2cc3ccc(-c4cn(Cc5ccccc5)nn4)cc3oc2=O)=[N+](CCCCS(=O)(=O)[O-])c2ccccc21. The lowest BCUT2D eigenvalue weighted by Gasteiger charge is -2.15. The molecule has 0 bridgehead atoms. The Balaban J connectivity index is 1.27. The lowest BCUT2D eigenvalue weighted by atomic mass is 9.81. The van der Waals surface area contributed by atoms with E-state index in [0.717, 1.165) is 33.5 Å². The molecule has 0 atom stereocenters. The molecule has 2 aromatic heterocycles. The molecule has 1 aliphatic heterocycles. The minimum atomic E-state index is -4.26. The van der Waals surface area contributed by atoms with Crippen LogP contribution < -0.4 is 5.63 Å². The van der Waals surface area contributed by atoms with Crippen molar-refractivity contribution in [1.82, 2.24) is 15.0 Å². The fraction of sp³-hybridized carbons (Fsp3) is 0.235. The van der Waals surface area contributed by atoms with E-state index < -0.39 is 15.7 Å². The van der Waals surface area contributed by atoms with Gasteiger partial charge in [-0.3, -0.25) is 0 Å². The third kappa shape index (κ3) is 6.17. The number of unbranched alkanes of at least 4 members (excludes halogenated alkanes) is 1. The summed E-state index contributed by atoms with van der Waals surface area (Å²) in [5.74, 6) is -0.386. The third-order valence-corrected chi connectivity index (χ3v) is 8.82. The van der Waals surface area contributed by atoms with Crippen molar-refractivity contribution < 1.29 is 22.0 Å². The number of fused-ring (bicyclic) bond motifs is 2. The van der Waals surface area contributed by atoms with Gasteiger partial charge in [-0.05, 0) is 44.0 Å². The standard InChI is InChI=1S/C34H32N4O5S/c1-34(2)28-12-6-7-13-30(28)38(18-8-9-19-44(40,41)42)32(34)17-16-27-20-26-15-14-25(21-31(26)43-33(27)39)29-23-37(36-35-29)22-24-10-4-3-5-11-24/h3-7,10-17,20-21,23H,8-9,18-19,22H2,1-2H3. The Morgan fingerprint density at radius 1 is 0.977 bits per heavy atom. The number of rotatable bonds is 10. The van der Waals surface area contributed by atoms with Crippen molar-refractivity contribution in [3.05, 3.63) is 118 Å². The topological polar surface area (TPSA) is 121 Å². The van der Waals surface area contributed by atoms with Crippen LogP contribution in [0, 0.1) is 0 Å². The first-order valence-electron chi connectivity index (χ1n) is 14.5. The van der Waals surface area contributed by atoms with Gasteiger partial charge in [0.1, 0.15) is 17.8 Å². The molecule has 44 heavy (non-hydrogen) atoms. The average Bonchev–Trinajstić information content (AvgIpc) is 3.54. The largest absolute Gasteiger partial charge is 0.748 e. The van der Waals surface area contributed by atoms with E-state index in [9.17, 15) is 17.8 Å². The average molecular weight is 609 g/mol. The second-order valence-electron chi connectivity index (χ2n) is 11.5. The summed E-state index contributed by atoms with van der Waals surface area (Å²) in [6.07, 6.45) is 6.38. The summed E-state index contributed by atoms with van der Waals surface area (Å²) in [5, 5.41) is 9.33. The van der Waals surface area contributed by atoms with Crippen LogP contribution in [0.3, 0.4) is 0 Å². The third-order valence-electron chi connectivity index (χ3n) is 8.03. The van der Waals surface area contributed by atoms with E-state index in [4.69, 9.17) is 4.42 Å². The summed E-state index contributed by atoms with van der Waals surface area (Å²) >= 11 is 0. The molecule has 5 aromatic rings. The maximum atomic E-state index is 13.1. The molecular weight excluding hydrogens is 576 g/mol. The fourth-order valence-electron chi connectivity index (χ4n) is 5.78. The summed E-state index contributed by atoms with van der Waals surface area (Å²) in [6.45, 7) is 5.38. The zero-order chi connectivity index (χ0) is 30.9. The molecule has 0 N–H and O–H groups in total. The van der Waals surface area contributed by atoms with Gasteiger partial charge in [-0.25, -0.2) is 17.9 Å². The number of para-hydroxylation sites is 1. The van der Waals surface area contributed by atoms with E-state index in [1.165, 1.54) is 0 Å². The van der Waals surface area contributed by atoms with Crippen molar-refractivity contribution in [3.63, 3.8) is 0 Å². The lowest BCUT2D eigenvalue weighted by molar-refractivity contribution is -0.438. The Morgan fingerprint density at radius 2 is 1.75 bits per heavy atom. The van der Waals surface area contributed by atoms with Gasteiger partial charge < -0.3 is 8.97 Å². The molecule has 10 heteroatoms. The van der Waals surface area contributed by atoms with E-state index in [1.54, 1.807) is 16.8 Å². The van der Waals surface area contributed by atoms with Crippen LogP contribution in [-0.4, -0.2) is 50.5 Å². The maximum absolute atomic E-state index is 13.1. The Bertz CT molecular complexity index is 2080. The minimum Gasteiger partial charge on any atom is -0.748 e. The zero-order valence-electron chi connectivity index (χ0n) is 24.5. The Kier molecular flexibility index (Phi) is 7.87. The Morgan fingerprint density at radius 3 is 2.55 bits per heavy atom. The molecule has 3 aromatic carbocycles. The smallest absolute Gasteiger partial charge is 0.343 e. The van der Waals surface area contributed by atoms with E-state index in [-0.39, 0.29) is 17.6 Å². The van der Waals surface area contributed by atoms with Crippen LogP contribution in [0.1, 0.15) is 43.4 Å². The molecular formula is C34H32N4O5S. The molecule has 0 spiro atoms. The van der Waals surface area contributed by atoms with Crippen LogP contribution in [0.2, 0.25) is 0 Å². The van der Waals surface area contributed by atoms with E-state index in [1.807, 2.05) is 79.0 Å². The predicted octanol–water partition coefficient (Wildman–Crippen LogP) is 5.51. The lowest BCUT2D eigenvalue weighted by Crippen LogP contribution is -2.28. The van der Waals surface area contributed by atoms with Crippen LogP contribution in [0.4, 0.5) is 5.69 Å². The zero-order valence-corrected chi connectivity index (χ0v) is 25.3. The van der Waals surface area contributed by atoms with Gasteiger partial charge in [-0.2, -0.15) is 4.58 Å². The van der Waals surface area contributed by atoms with Crippen molar-refractivity contribution in [3.8, 4) is 11.3 Å². The Labute approximate surface area is 255 Å². The van der Waals surface area contributed by atoms with Crippen LogP contribution in [0.5, 0.6) is 0 Å². The normalized spacial score (nSPS) is 14.5. The van der Waals surface area contributed by atoms with Gasteiger partial charge in [0.15, 0.2) is 5.71 Å². The monoisotopic (exact) mass is 608 g/mol. The first kappa shape index (κ1) is 29.4. The van der Waals surface area contributed by atoms with Crippen molar-refractivity contribution >= 4 is 38.6 Å². The molecule has 0 saturated carbocycles. The summed E-state index contributed by atoms with van der Waals surface area (Å²) in [4.78, 5) is 13.1. The van der Waals surface area contributed by atoms with Crippen LogP contribution in [-0.2, 0) is 22.1 Å². The van der Waals surface area contributed by atoms with Gasteiger partial charge in [-0.1, -0.05) is 65.9 Å². The number of hydrogen-bond acceptors (Lipinski definition) is 7. The summed E-state index contributed by atoms with van der Waals surface area (Å²) in [7, 11) is -4.26. The molecule has 3 heterocycles. The van der Waals surface area contributed by atoms with Crippen molar-refractivity contribution in [1.29, 1.82) is 0 Å². The van der Waals surface area contributed by atoms with Gasteiger partial charge in [0.2, 0.25) is 5.69 Å². The quantitative estimate of drug-likeness (QED) is 0.0887. The van der Waals surface area contributed by atoms with Crippen molar-refractivity contribution in [2.45, 2.75) is 38.6 Å². The van der Waals surface area contributed by atoms with Gasteiger partial charge in [0.05, 0.1) is 33.8 Å². The summed E-state index contributed by atoms with van der Waals surface area (Å²) in [5.41, 5.74) is 5.78. The molecule has 0 fully saturated rings. The highest BCUT2D eigenvalue weighted by Gasteiger charge is 2.43. The molecule has 0 amide bonds. The second-order valence-corrected chi connectivity index (χ2v) is 13.0. The number of hydrogen-bond donors (Lipinski definition) is 0. The highest BCUT2D eigenvalue weighted by molar-refractivity contribution is 7.85. The molecule has 9 nitrogen and oxygen atoms in total. The molecule has 0 aliphatic carbocycles. The van der Waals surface area contributed by atoms with Crippen molar-refractivity contribution in [2.75, 3.05) is 12.3 Å². The second kappa shape index (κ2) is 11.8. The highest BCUT2D eigenvalue weighted by Crippen LogP contribution is 2.40. The molecule has 0 unspecified atom stereocenters. The molecule has 0 saturated heterocycles. The van der Waals surface area contributed by atoms with E-state index >= 15 is 0 Å². The van der Waals surface area contributed by atoms with E-state index in [0.29, 0.717) is 36.4 Å². The predicted molar refractivity (Wildman–Crippen MR) is 169 cm³/mol. The molecule has 6 rings (SSSR count). The maximum Gasteiger partial charge on any atom is 0.343 e. The van der Waals surface area contributed by atoms with Gasteiger partial charge >= 0.3 is 5.63 Å². The molecule has 1 aliphatic rings. The Hall–Kier alpha value is -4.67. The fourth-order valence-corrected chi connectivity index (χ4v) is 6.34. The summed E-state index contributed by atoms with van der Waals surface area (Å²) < 4.78 is 43.0. The van der Waals surface area contributed by atoms with Gasteiger partial charge in [0.25, 0.3) is 0 Å². The number of nitrogens with zero attached hydrogens (tertiary/aromatic N) is 4. The van der Waals surface area contributed by atoms with Gasteiger partial charge in [0, 0.05) is 40.8 Å². The number of allylic oxidation sites excluding steroid dienone is 1. The van der Waals surface area contributed by atoms with E-state index in [2.05, 4.69) is 34.8 Å². The minimum absolute atomic E-state index is 0.279. The first-order chi connectivity index (χ1) is 21.1. The number of benzene rings is 3. The summed E-state index contributed by atoms with van der Waals surface area (Å²) in [6, 6.07) is 25.5. The van der Waals surface area contributed by atoms with Crippen molar-refractivity contribution in [2.24, 2.45) is 0 Å². The molecule has 224 valence electrons. The van der Waals surface area contributed by atoms with Crippen LogP contribution in [0.15, 0.2) is 100 Å². The number of aromatic nitrogens is 3.